The largest absolute Gasteiger partial charge is 0.307 e. The third-order valence-corrected chi connectivity index (χ3v) is 0.856. The van der Waals surface area contributed by atoms with Gasteiger partial charge in [0.25, 0.3) is 0 Å². The molecule has 0 N–H and O–H groups in total. The first kappa shape index (κ1) is 7.92. The van der Waals surface area contributed by atoms with Crippen molar-refractivity contribution in [3.05, 3.63) is 0 Å². The Labute approximate surface area is 61.0 Å². The fourth-order valence-electron chi connectivity index (χ4n) is 0.130. The van der Waals surface area contributed by atoms with Crippen LogP contribution in [0.2, 0.25) is 0 Å². The molecule has 0 saturated heterocycles. The van der Waals surface area contributed by atoms with Gasteiger partial charge in [0.15, 0.2) is 0 Å². The van der Waals surface area contributed by atoms with Crippen LogP contribution in [0.5, 0.6) is 0 Å². The summed E-state index contributed by atoms with van der Waals surface area (Å²) in [5.41, 5.74) is 0. The molecule has 0 unspecified atom stereocenters. The summed E-state index contributed by atoms with van der Waals surface area (Å²) in [7, 11) is 0. The maximum atomic E-state index is 4.67. The third-order valence-electron chi connectivity index (χ3n) is 0.398. The fraction of sp³-hybridized carbons (Fsp3) is 1.00. The molecule has 0 aromatic rings. The number of halogens is 2. The van der Waals surface area contributed by atoms with Crippen molar-refractivity contribution in [2.75, 3.05) is 6.61 Å². The second-order valence-corrected chi connectivity index (χ2v) is 4.58. The maximum Gasteiger partial charge on any atom is 0.0988 e. The van der Waals surface area contributed by atoms with Crippen LogP contribution < -0.4 is 0 Å². The highest BCUT2D eigenvalue weighted by Gasteiger charge is 2.10. The van der Waals surface area contributed by atoms with Crippen LogP contribution in [0.1, 0.15) is 13.8 Å². The average Bonchev–Trinajstić information content (AvgIpc) is 1.30. The molecule has 0 aromatic heterocycles. The van der Waals surface area contributed by atoms with E-state index < -0.39 is 0 Å². The van der Waals surface area contributed by atoms with E-state index in [1.54, 1.807) is 0 Å². The minimum Gasteiger partial charge on any atom is -0.307 e. The molecule has 0 rings (SSSR count). The van der Waals surface area contributed by atoms with Crippen LogP contribution in [-0.4, -0.2) is 10.9 Å². The predicted octanol–water partition coefficient (Wildman–Crippen LogP) is 2.49. The molecule has 0 spiro atoms. The lowest BCUT2D eigenvalue weighted by Gasteiger charge is -2.11. The Bertz CT molecular complexity index is 48.1. The first-order valence-corrected chi connectivity index (χ1v) is 3.43. The second-order valence-electron chi connectivity index (χ2n) is 1.97. The van der Waals surface area contributed by atoms with Crippen molar-refractivity contribution in [2.24, 2.45) is 0 Å². The quantitative estimate of drug-likeness (QED) is 0.664. The van der Waals surface area contributed by atoms with E-state index in [2.05, 4.69) is 36.0 Å². The van der Waals surface area contributed by atoms with E-state index in [0.29, 0.717) is 6.61 Å². The van der Waals surface area contributed by atoms with Gasteiger partial charge in [-0.15, -0.1) is 0 Å². The molecule has 0 bridgehead atoms. The van der Waals surface area contributed by atoms with Gasteiger partial charge < -0.3 is 3.83 Å². The summed E-state index contributed by atoms with van der Waals surface area (Å²) in [4.78, 5) is 0. The first-order chi connectivity index (χ1) is 3.06. The van der Waals surface area contributed by atoms with Gasteiger partial charge >= 0.3 is 0 Å². The molecule has 0 atom stereocenters. The van der Waals surface area contributed by atoms with Gasteiger partial charge in [-0.1, -0.05) is 15.9 Å². The molecule has 0 radical (unpaired) electrons. The van der Waals surface area contributed by atoms with Crippen LogP contribution in [0.25, 0.3) is 0 Å². The van der Waals surface area contributed by atoms with E-state index >= 15 is 0 Å². The van der Waals surface area contributed by atoms with Crippen LogP contribution in [0.15, 0.2) is 0 Å². The van der Waals surface area contributed by atoms with Crippen molar-refractivity contribution in [3.63, 3.8) is 0 Å². The normalized spacial score (nSPS) is 12.0. The Morgan fingerprint density at radius 1 is 1.57 bits per heavy atom. The molecular formula is C4H8Br2O. The van der Waals surface area contributed by atoms with Crippen molar-refractivity contribution in [3.8, 4) is 0 Å². The molecule has 0 saturated carbocycles. The maximum absolute atomic E-state index is 4.67. The lowest BCUT2D eigenvalue weighted by Crippen LogP contribution is -2.14. The lowest BCUT2D eigenvalue weighted by atomic mass is 10.2. The predicted molar refractivity (Wildman–Crippen MR) is 37.9 cm³/mol. The highest BCUT2D eigenvalue weighted by molar-refractivity contribution is 9.10. The van der Waals surface area contributed by atoms with Crippen LogP contribution in [-0.2, 0) is 3.83 Å². The third kappa shape index (κ3) is 6.92. The van der Waals surface area contributed by atoms with Crippen molar-refractivity contribution in [1.82, 2.24) is 0 Å². The fourth-order valence-corrected chi connectivity index (χ4v) is 1.12. The summed E-state index contributed by atoms with van der Waals surface area (Å²) < 4.78 is 4.77. The molecule has 0 fully saturated rings. The summed E-state index contributed by atoms with van der Waals surface area (Å²) in [5, 5.41) is 0. The van der Waals surface area contributed by atoms with Crippen LogP contribution in [0.4, 0.5) is 0 Å². The minimum atomic E-state index is 0.0938. The second kappa shape index (κ2) is 3.05. The smallest absolute Gasteiger partial charge is 0.0988 e. The van der Waals surface area contributed by atoms with E-state index in [1.165, 1.54) is 0 Å². The molecule has 3 heteroatoms. The minimum absolute atomic E-state index is 0.0938. The molecule has 0 aliphatic carbocycles. The summed E-state index contributed by atoms with van der Waals surface area (Å²) in [6.45, 7) is 4.75. The van der Waals surface area contributed by atoms with Crippen molar-refractivity contribution < 1.29 is 3.83 Å². The Hall–Kier alpha value is 0.920. The van der Waals surface area contributed by atoms with Gasteiger partial charge in [-0.05, 0) is 13.8 Å². The van der Waals surface area contributed by atoms with Crippen molar-refractivity contribution >= 4 is 32.2 Å². The Balaban J connectivity index is 3.15. The zero-order valence-corrected chi connectivity index (χ0v) is 7.54. The number of hydrogen-bond donors (Lipinski definition) is 0. The summed E-state index contributed by atoms with van der Waals surface area (Å²) in [6, 6.07) is 0. The molecular weight excluding hydrogens is 224 g/mol. The lowest BCUT2D eigenvalue weighted by molar-refractivity contribution is 0.359. The molecule has 7 heavy (non-hydrogen) atoms. The van der Waals surface area contributed by atoms with Crippen LogP contribution in [0.3, 0.4) is 0 Å². The van der Waals surface area contributed by atoms with E-state index in [9.17, 15) is 0 Å². The van der Waals surface area contributed by atoms with Gasteiger partial charge in [-0.25, -0.2) is 0 Å². The van der Waals surface area contributed by atoms with Gasteiger partial charge in [-0.3, -0.25) is 0 Å². The van der Waals surface area contributed by atoms with E-state index in [0.717, 1.165) is 0 Å². The van der Waals surface area contributed by atoms with Gasteiger partial charge in [-0.2, -0.15) is 0 Å². The first-order valence-electron chi connectivity index (χ1n) is 1.99. The molecule has 0 amide bonds. The molecule has 44 valence electrons. The standard InChI is InChI=1S/C4H8Br2O/c1-4(2,5)3-7-6/h3H2,1-2H3. The van der Waals surface area contributed by atoms with Crippen molar-refractivity contribution in [2.45, 2.75) is 18.2 Å². The van der Waals surface area contributed by atoms with E-state index in [4.69, 9.17) is 0 Å². The summed E-state index contributed by atoms with van der Waals surface area (Å²) in [6.07, 6.45) is 0. The Morgan fingerprint density at radius 3 is 2.00 bits per heavy atom. The summed E-state index contributed by atoms with van der Waals surface area (Å²) in [5.74, 6) is 0. The van der Waals surface area contributed by atoms with Gasteiger partial charge in [0.1, 0.15) is 0 Å². The molecule has 1 nitrogen and oxygen atoms in total. The molecule has 0 aliphatic heterocycles. The monoisotopic (exact) mass is 230 g/mol. The van der Waals surface area contributed by atoms with E-state index in [-0.39, 0.29) is 4.32 Å². The van der Waals surface area contributed by atoms with Crippen LogP contribution >= 0.6 is 32.2 Å². The zero-order chi connectivity index (χ0) is 5.91. The Kier molecular flexibility index (Phi) is 3.45. The number of rotatable bonds is 2. The number of alkyl halides is 1. The Morgan fingerprint density at radius 2 is 2.00 bits per heavy atom. The van der Waals surface area contributed by atoms with Gasteiger partial charge in [0, 0.05) is 4.32 Å². The van der Waals surface area contributed by atoms with Gasteiger partial charge in [0.2, 0.25) is 0 Å². The average molecular weight is 232 g/mol. The molecule has 0 aromatic carbocycles. The van der Waals surface area contributed by atoms with Crippen molar-refractivity contribution in [1.29, 1.82) is 0 Å². The van der Waals surface area contributed by atoms with Gasteiger partial charge in [0.05, 0.1) is 22.9 Å². The summed E-state index contributed by atoms with van der Waals surface area (Å²) >= 11 is 6.24. The SMILES string of the molecule is CC(C)(Br)COBr. The molecule has 0 heterocycles. The van der Waals surface area contributed by atoms with E-state index in [1.807, 2.05) is 13.8 Å². The highest BCUT2D eigenvalue weighted by Crippen LogP contribution is 2.16. The zero-order valence-electron chi connectivity index (χ0n) is 4.37. The molecule has 0 aliphatic rings. The number of hydrogen-bond acceptors (Lipinski definition) is 1. The van der Waals surface area contributed by atoms with Crippen LogP contribution in [0, 0.1) is 0 Å². The topological polar surface area (TPSA) is 9.23 Å². The highest BCUT2D eigenvalue weighted by atomic mass is 79.9.